The molecule has 1 aliphatic rings. The molecule has 2 aromatic heterocycles. The molecule has 0 radical (unpaired) electrons. The lowest BCUT2D eigenvalue weighted by atomic mass is 9.94. The molecule has 0 unspecified atom stereocenters. The van der Waals surface area contributed by atoms with Crippen molar-refractivity contribution in [3.63, 3.8) is 0 Å². The predicted octanol–water partition coefficient (Wildman–Crippen LogP) is 4.67. The molecule has 0 fully saturated rings. The number of H-pyrrole nitrogens is 1. The number of amides is 1. The molecule has 0 bridgehead atoms. The molecule has 1 aliphatic heterocycles. The minimum Gasteiger partial charge on any atom is -0.385 e. The van der Waals surface area contributed by atoms with Crippen molar-refractivity contribution in [2.45, 2.75) is 32.4 Å². The van der Waals surface area contributed by atoms with Gasteiger partial charge in [0.15, 0.2) is 11.9 Å². The standard InChI is InChI=1S/C26H23FN6O2/c1-15-6-7-20(21(27)9-15)17-10-18(23-13-24(35-33-23)22-5-3-4-8-28-22)12-19(11-17)26(34)31-16(2)25-29-14-30-32-25/h3-12,14,16,24H,13H2,1-2H3,(H,31,34)(H,29,30,32)/t16-,24-/m0/s1. The van der Waals surface area contributed by atoms with Crippen LogP contribution in [0.25, 0.3) is 11.1 Å². The number of rotatable bonds is 6. The third kappa shape index (κ3) is 4.79. The molecule has 2 aromatic carbocycles. The molecule has 8 nitrogen and oxygen atoms in total. The minimum absolute atomic E-state index is 0.324. The topological polar surface area (TPSA) is 105 Å². The van der Waals surface area contributed by atoms with Crippen molar-refractivity contribution < 1.29 is 14.0 Å². The van der Waals surface area contributed by atoms with Crippen LogP contribution in [0.1, 0.15) is 58.5 Å². The van der Waals surface area contributed by atoms with Crippen LogP contribution >= 0.6 is 0 Å². The Balaban J connectivity index is 1.49. The van der Waals surface area contributed by atoms with E-state index in [0.717, 1.165) is 11.3 Å². The maximum absolute atomic E-state index is 14.9. The van der Waals surface area contributed by atoms with Crippen LogP contribution in [0.2, 0.25) is 0 Å². The highest BCUT2D eigenvalue weighted by molar-refractivity contribution is 6.05. The number of aromatic nitrogens is 4. The average Bonchev–Trinajstić information content (AvgIpc) is 3.57. The third-order valence-corrected chi connectivity index (χ3v) is 5.84. The van der Waals surface area contributed by atoms with Gasteiger partial charge in [0.2, 0.25) is 0 Å². The van der Waals surface area contributed by atoms with E-state index in [4.69, 9.17) is 4.84 Å². The fraction of sp³-hybridized carbons (Fsp3) is 0.192. The molecule has 2 atom stereocenters. The molecule has 1 amide bonds. The smallest absolute Gasteiger partial charge is 0.251 e. The lowest BCUT2D eigenvalue weighted by molar-refractivity contribution is 0.0826. The molecule has 3 heterocycles. The predicted molar refractivity (Wildman–Crippen MR) is 128 cm³/mol. The monoisotopic (exact) mass is 470 g/mol. The van der Waals surface area contributed by atoms with Crippen molar-refractivity contribution in [3.8, 4) is 11.1 Å². The van der Waals surface area contributed by atoms with Gasteiger partial charge in [-0.3, -0.25) is 9.78 Å². The summed E-state index contributed by atoms with van der Waals surface area (Å²) in [7, 11) is 0. The second-order valence-corrected chi connectivity index (χ2v) is 8.44. The van der Waals surface area contributed by atoms with Crippen LogP contribution in [-0.4, -0.2) is 31.8 Å². The lowest BCUT2D eigenvalue weighted by Gasteiger charge is -2.14. The molecule has 9 heteroatoms. The van der Waals surface area contributed by atoms with Crippen molar-refractivity contribution in [1.82, 2.24) is 25.5 Å². The van der Waals surface area contributed by atoms with Crippen LogP contribution in [0.5, 0.6) is 0 Å². The van der Waals surface area contributed by atoms with Gasteiger partial charge in [-0.2, -0.15) is 0 Å². The summed E-state index contributed by atoms with van der Waals surface area (Å²) in [5, 5.41) is 14.9. The second kappa shape index (κ2) is 9.46. The van der Waals surface area contributed by atoms with Crippen LogP contribution in [0.3, 0.4) is 0 Å². The van der Waals surface area contributed by atoms with Gasteiger partial charge in [0, 0.05) is 29.3 Å². The zero-order valence-electron chi connectivity index (χ0n) is 19.2. The molecular formula is C26H23FN6O2. The molecule has 4 aromatic rings. The summed E-state index contributed by atoms with van der Waals surface area (Å²) in [4.78, 5) is 26.1. The number of nitrogens with one attached hydrogen (secondary N) is 2. The molecular weight excluding hydrogens is 447 g/mol. The van der Waals surface area contributed by atoms with Gasteiger partial charge in [-0.25, -0.2) is 4.39 Å². The molecule has 5 rings (SSSR count). The largest absolute Gasteiger partial charge is 0.385 e. The first-order valence-electron chi connectivity index (χ1n) is 11.2. The first kappa shape index (κ1) is 22.4. The summed E-state index contributed by atoms with van der Waals surface area (Å²) in [5.41, 5.74) is 4.26. The first-order chi connectivity index (χ1) is 17.0. The number of oxime groups is 1. The Kier molecular flexibility index (Phi) is 6.05. The van der Waals surface area contributed by atoms with Crippen molar-refractivity contribution in [2.24, 2.45) is 5.16 Å². The van der Waals surface area contributed by atoms with E-state index in [1.54, 1.807) is 31.3 Å². The fourth-order valence-electron chi connectivity index (χ4n) is 3.98. The number of aromatic amines is 1. The zero-order chi connectivity index (χ0) is 24.4. The van der Waals surface area contributed by atoms with E-state index >= 15 is 0 Å². The highest BCUT2D eigenvalue weighted by Gasteiger charge is 2.26. The quantitative estimate of drug-likeness (QED) is 0.426. The van der Waals surface area contributed by atoms with E-state index in [1.807, 2.05) is 37.3 Å². The third-order valence-electron chi connectivity index (χ3n) is 5.84. The Morgan fingerprint density at radius 2 is 2.03 bits per heavy atom. The van der Waals surface area contributed by atoms with Gasteiger partial charge >= 0.3 is 0 Å². The molecule has 176 valence electrons. The number of benzene rings is 2. The van der Waals surface area contributed by atoms with Crippen LogP contribution in [-0.2, 0) is 4.84 Å². The summed E-state index contributed by atoms with van der Waals surface area (Å²) in [5.74, 6) is -0.157. The number of aryl methyl sites for hydroxylation is 1. The Hall–Kier alpha value is -4.40. The summed E-state index contributed by atoms with van der Waals surface area (Å²) in [6.07, 6.45) is 3.31. The van der Waals surface area contributed by atoms with Crippen molar-refractivity contribution in [2.75, 3.05) is 0 Å². The van der Waals surface area contributed by atoms with E-state index in [9.17, 15) is 9.18 Å². The number of halogens is 1. The number of carbonyl (C=O) groups excluding carboxylic acids is 1. The van der Waals surface area contributed by atoms with E-state index in [-0.39, 0.29) is 17.8 Å². The average molecular weight is 471 g/mol. The Bertz CT molecular complexity index is 1390. The van der Waals surface area contributed by atoms with E-state index in [0.29, 0.717) is 40.2 Å². The molecule has 0 spiro atoms. The van der Waals surface area contributed by atoms with Crippen LogP contribution < -0.4 is 5.32 Å². The van der Waals surface area contributed by atoms with Gasteiger partial charge in [-0.15, -0.1) is 10.2 Å². The van der Waals surface area contributed by atoms with Crippen molar-refractivity contribution in [1.29, 1.82) is 0 Å². The minimum atomic E-state index is -0.395. The van der Waals surface area contributed by atoms with Gasteiger partial charge in [0.25, 0.3) is 5.91 Å². The second-order valence-electron chi connectivity index (χ2n) is 8.44. The van der Waals surface area contributed by atoms with Gasteiger partial charge in [0.1, 0.15) is 12.1 Å². The SMILES string of the molecule is Cc1ccc(-c2cc(C(=O)N[C@@H](C)c3nnc[nH]3)cc(C3=NO[C@H](c4ccccn4)C3)c2)c(F)c1. The number of hydrogen-bond acceptors (Lipinski definition) is 6. The van der Waals surface area contributed by atoms with Crippen LogP contribution in [0, 0.1) is 12.7 Å². The summed E-state index contributed by atoms with van der Waals surface area (Å²) >= 11 is 0. The van der Waals surface area contributed by atoms with Gasteiger partial charge in [0.05, 0.1) is 17.4 Å². The van der Waals surface area contributed by atoms with Crippen molar-refractivity contribution >= 4 is 11.6 Å². The van der Waals surface area contributed by atoms with E-state index in [1.165, 1.54) is 12.4 Å². The van der Waals surface area contributed by atoms with Gasteiger partial charge in [-0.05, 0) is 61.4 Å². The number of pyridine rings is 1. The molecule has 0 saturated carbocycles. The van der Waals surface area contributed by atoms with Crippen LogP contribution in [0.4, 0.5) is 4.39 Å². The summed E-state index contributed by atoms with van der Waals surface area (Å²) < 4.78 is 14.9. The van der Waals surface area contributed by atoms with E-state index in [2.05, 4.69) is 30.6 Å². The van der Waals surface area contributed by atoms with Gasteiger partial charge in [-0.1, -0.05) is 23.4 Å². The summed E-state index contributed by atoms with van der Waals surface area (Å²) in [6.45, 7) is 3.63. The first-order valence-corrected chi connectivity index (χ1v) is 11.2. The normalized spacial score (nSPS) is 15.9. The van der Waals surface area contributed by atoms with Gasteiger partial charge < -0.3 is 15.1 Å². The molecule has 35 heavy (non-hydrogen) atoms. The molecule has 2 N–H and O–H groups in total. The number of nitrogens with zero attached hydrogens (tertiary/aromatic N) is 4. The number of carbonyl (C=O) groups is 1. The Labute approximate surface area is 201 Å². The Morgan fingerprint density at radius 1 is 1.17 bits per heavy atom. The maximum atomic E-state index is 14.9. The maximum Gasteiger partial charge on any atom is 0.251 e. The highest BCUT2D eigenvalue weighted by Crippen LogP contribution is 2.32. The van der Waals surface area contributed by atoms with Crippen molar-refractivity contribution in [3.05, 3.63) is 101 Å². The molecule has 0 saturated heterocycles. The van der Waals surface area contributed by atoms with E-state index < -0.39 is 6.04 Å². The fourth-order valence-corrected chi connectivity index (χ4v) is 3.98. The molecule has 0 aliphatic carbocycles. The highest BCUT2D eigenvalue weighted by atomic mass is 19.1. The van der Waals surface area contributed by atoms with Crippen LogP contribution in [0.15, 0.2) is 72.3 Å². The summed E-state index contributed by atoms with van der Waals surface area (Å²) in [6, 6.07) is 15.5. The Morgan fingerprint density at radius 3 is 2.77 bits per heavy atom. The lowest BCUT2D eigenvalue weighted by Crippen LogP contribution is -2.27. The number of hydrogen-bond donors (Lipinski definition) is 2. The zero-order valence-corrected chi connectivity index (χ0v) is 19.2.